The Morgan fingerprint density at radius 2 is 2.03 bits per heavy atom. The second-order valence-electron chi connectivity index (χ2n) is 7.66. The Kier molecular flexibility index (Phi) is 5.89. The molecule has 8 nitrogen and oxygen atoms in total. The molecule has 0 bridgehead atoms. The van der Waals surface area contributed by atoms with E-state index in [-0.39, 0.29) is 11.6 Å². The van der Waals surface area contributed by atoms with Crippen LogP contribution in [0.4, 0.5) is 0 Å². The summed E-state index contributed by atoms with van der Waals surface area (Å²) in [6.07, 6.45) is 3.04. The third kappa shape index (κ3) is 4.47. The molecule has 3 aromatic heterocycles. The first-order chi connectivity index (χ1) is 14.0. The molecule has 0 radical (unpaired) electrons. The molecule has 0 amide bonds. The highest BCUT2D eigenvalue weighted by Crippen LogP contribution is 2.27. The lowest BCUT2D eigenvalue weighted by atomic mass is 9.91. The van der Waals surface area contributed by atoms with Crippen molar-refractivity contribution in [2.75, 3.05) is 6.54 Å². The average molecular weight is 415 g/mol. The second-order valence-corrected chi connectivity index (χ2v) is 8.37. The first-order valence-corrected chi connectivity index (χ1v) is 10.9. The van der Waals surface area contributed by atoms with Gasteiger partial charge in [-0.15, -0.1) is 16.4 Å². The monoisotopic (exact) mass is 414 g/mol. The van der Waals surface area contributed by atoms with Gasteiger partial charge in [-0.2, -0.15) is 5.10 Å². The molecule has 1 unspecified atom stereocenters. The molecule has 2 N–H and O–H groups in total. The summed E-state index contributed by atoms with van der Waals surface area (Å²) in [5.74, 6) is 0.668. The van der Waals surface area contributed by atoms with E-state index in [1.165, 1.54) is 11.3 Å². The number of thiazole rings is 1. The van der Waals surface area contributed by atoms with Crippen LogP contribution in [0.15, 0.2) is 33.9 Å². The normalized spacial score (nSPS) is 20.7. The van der Waals surface area contributed by atoms with Crippen LogP contribution < -0.4 is 10.9 Å². The predicted octanol–water partition coefficient (Wildman–Crippen LogP) is 2.31. The maximum atomic E-state index is 12.4. The summed E-state index contributed by atoms with van der Waals surface area (Å²) in [5.41, 5.74) is 4.29. The fourth-order valence-corrected chi connectivity index (χ4v) is 4.55. The lowest BCUT2D eigenvalue weighted by molar-refractivity contribution is 0.158. The molecule has 154 valence electrons. The van der Waals surface area contributed by atoms with Gasteiger partial charge in [-0.05, 0) is 51.7 Å². The number of aliphatic hydroxyl groups is 1. The van der Waals surface area contributed by atoms with Gasteiger partial charge >= 0.3 is 0 Å². The van der Waals surface area contributed by atoms with Gasteiger partial charge < -0.3 is 10.4 Å². The van der Waals surface area contributed by atoms with Crippen molar-refractivity contribution in [3.8, 4) is 5.82 Å². The van der Waals surface area contributed by atoms with E-state index in [2.05, 4.69) is 20.5 Å². The molecule has 4 rings (SSSR count). The van der Waals surface area contributed by atoms with Crippen LogP contribution >= 0.6 is 11.3 Å². The van der Waals surface area contributed by atoms with Gasteiger partial charge in [-0.25, -0.2) is 14.3 Å². The number of aliphatic hydroxyl groups excluding tert-OH is 1. The Balaban J connectivity index is 1.39. The quantitative estimate of drug-likeness (QED) is 0.642. The van der Waals surface area contributed by atoms with E-state index in [9.17, 15) is 9.90 Å². The standard InChI is InChI=1S/C20H26N6O2S/c1-13-9-14(2)25(23-13)19-7-8-20(28)26(24-19)16-5-3-15(4-6-16)21-10-18(27)17-11-29-12-22-17/h7-9,11-12,15-16,18,21,27H,3-6,10H2,1-2H3. The molecule has 29 heavy (non-hydrogen) atoms. The van der Waals surface area contributed by atoms with E-state index in [0.717, 1.165) is 37.1 Å². The Morgan fingerprint density at radius 3 is 2.69 bits per heavy atom. The SMILES string of the molecule is Cc1cc(C)n(-c2ccc(=O)n(C3CCC(NCC(O)c4cscn4)CC3)n2)n1. The highest BCUT2D eigenvalue weighted by molar-refractivity contribution is 7.07. The van der Waals surface area contributed by atoms with Crippen molar-refractivity contribution in [2.45, 2.75) is 57.7 Å². The number of rotatable bonds is 6. The van der Waals surface area contributed by atoms with Crippen molar-refractivity contribution in [3.05, 3.63) is 56.5 Å². The van der Waals surface area contributed by atoms with Crippen LogP contribution in [0.1, 0.15) is 54.9 Å². The summed E-state index contributed by atoms with van der Waals surface area (Å²) in [5, 5.41) is 24.6. The van der Waals surface area contributed by atoms with Crippen molar-refractivity contribution in [1.29, 1.82) is 0 Å². The number of nitrogens with zero attached hydrogens (tertiary/aromatic N) is 5. The summed E-state index contributed by atoms with van der Waals surface area (Å²) in [4.78, 5) is 16.6. The molecule has 1 saturated carbocycles. The van der Waals surface area contributed by atoms with Crippen molar-refractivity contribution >= 4 is 11.3 Å². The molecule has 1 atom stereocenters. The molecule has 1 fully saturated rings. The topological polar surface area (TPSA) is 97.9 Å². The van der Waals surface area contributed by atoms with Gasteiger partial charge in [0, 0.05) is 29.7 Å². The summed E-state index contributed by atoms with van der Waals surface area (Å²) >= 11 is 1.49. The second kappa shape index (κ2) is 8.56. The van der Waals surface area contributed by atoms with Crippen molar-refractivity contribution in [2.24, 2.45) is 0 Å². The maximum absolute atomic E-state index is 12.4. The van der Waals surface area contributed by atoms with Crippen molar-refractivity contribution < 1.29 is 5.11 Å². The van der Waals surface area contributed by atoms with Crippen LogP contribution in [0, 0.1) is 13.8 Å². The van der Waals surface area contributed by atoms with Crippen LogP contribution in [0.25, 0.3) is 5.82 Å². The molecule has 0 spiro atoms. The first-order valence-electron chi connectivity index (χ1n) is 9.94. The lowest BCUT2D eigenvalue weighted by Gasteiger charge is -2.30. The van der Waals surface area contributed by atoms with E-state index in [0.29, 0.717) is 24.1 Å². The van der Waals surface area contributed by atoms with Crippen LogP contribution in [0.5, 0.6) is 0 Å². The Bertz CT molecular complexity index is 1000. The minimum absolute atomic E-state index is 0.0781. The fourth-order valence-electron chi connectivity index (χ4n) is 3.94. The zero-order valence-corrected chi connectivity index (χ0v) is 17.5. The Hall–Kier alpha value is -2.36. The summed E-state index contributed by atoms with van der Waals surface area (Å²) in [6, 6.07) is 5.71. The molecule has 0 aromatic carbocycles. The highest BCUT2D eigenvalue weighted by atomic mass is 32.1. The van der Waals surface area contributed by atoms with Gasteiger partial charge in [-0.1, -0.05) is 0 Å². The third-order valence-electron chi connectivity index (χ3n) is 5.47. The molecular formula is C20H26N6O2S. The van der Waals surface area contributed by atoms with Gasteiger partial charge in [0.25, 0.3) is 5.56 Å². The van der Waals surface area contributed by atoms with Crippen LogP contribution in [-0.4, -0.2) is 42.2 Å². The third-order valence-corrected chi connectivity index (χ3v) is 6.08. The van der Waals surface area contributed by atoms with E-state index >= 15 is 0 Å². The molecule has 0 saturated heterocycles. The number of aromatic nitrogens is 5. The Morgan fingerprint density at radius 1 is 1.24 bits per heavy atom. The van der Waals surface area contributed by atoms with Crippen LogP contribution in [-0.2, 0) is 0 Å². The molecule has 9 heteroatoms. The van der Waals surface area contributed by atoms with Crippen molar-refractivity contribution in [3.63, 3.8) is 0 Å². The summed E-state index contributed by atoms with van der Waals surface area (Å²) < 4.78 is 3.39. The minimum Gasteiger partial charge on any atom is -0.385 e. The van der Waals surface area contributed by atoms with Gasteiger partial charge in [0.15, 0.2) is 5.82 Å². The largest absolute Gasteiger partial charge is 0.385 e. The molecule has 3 aromatic rings. The van der Waals surface area contributed by atoms with E-state index < -0.39 is 6.10 Å². The van der Waals surface area contributed by atoms with Gasteiger partial charge in [-0.3, -0.25) is 4.79 Å². The molecule has 1 aliphatic carbocycles. The van der Waals surface area contributed by atoms with Crippen LogP contribution in [0.2, 0.25) is 0 Å². The van der Waals surface area contributed by atoms with Gasteiger partial charge in [0.1, 0.15) is 6.10 Å². The average Bonchev–Trinajstić information content (AvgIpc) is 3.37. The lowest BCUT2D eigenvalue weighted by Crippen LogP contribution is -2.38. The van der Waals surface area contributed by atoms with Crippen LogP contribution in [0.3, 0.4) is 0 Å². The zero-order chi connectivity index (χ0) is 20.4. The minimum atomic E-state index is -0.583. The molecule has 3 heterocycles. The van der Waals surface area contributed by atoms with Crippen molar-refractivity contribution in [1.82, 2.24) is 29.9 Å². The van der Waals surface area contributed by atoms with E-state index in [1.807, 2.05) is 25.3 Å². The Labute approximate surface area is 173 Å². The first kappa shape index (κ1) is 19.9. The molecular weight excluding hydrogens is 388 g/mol. The maximum Gasteiger partial charge on any atom is 0.267 e. The van der Waals surface area contributed by atoms with E-state index in [1.54, 1.807) is 27.0 Å². The number of hydrogen-bond acceptors (Lipinski definition) is 7. The number of hydrogen-bond donors (Lipinski definition) is 2. The predicted molar refractivity (Wildman–Crippen MR) is 111 cm³/mol. The zero-order valence-electron chi connectivity index (χ0n) is 16.7. The number of nitrogens with one attached hydrogen (secondary N) is 1. The fraction of sp³-hybridized carbons (Fsp3) is 0.500. The van der Waals surface area contributed by atoms with E-state index in [4.69, 9.17) is 0 Å². The smallest absolute Gasteiger partial charge is 0.267 e. The molecule has 0 aliphatic heterocycles. The summed E-state index contributed by atoms with van der Waals surface area (Å²) in [6.45, 7) is 4.41. The highest BCUT2D eigenvalue weighted by Gasteiger charge is 2.24. The van der Waals surface area contributed by atoms with Gasteiger partial charge in [0.2, 0.25) is 0 Å². The van der Waals surface area contributed by atoms with Gasteiger partial charge in [0.05, 0.1) is 22.9 Å². The molecule has 1 aliphatic rings. The summed E-state index contributed by atoms with van der Waals surface area (Å²) in [7, 11) is 0. The number of aryl methyl sites for hydroxylation is 2.